The van der Waals surface area contributed by atoms with Crippen LogP contribution in [-0.2, 0) is 14.8 Å². The molecule has 2 aromatic rings. The molecule has 0 heterocycles. The number of nitrogens with one attached hydrogen (secondary N) is 1. The molecule has 0 aliphatic heterocycles. The molecule has 0 aromatic heterocycles. The van der Waals surface area contributed by atoms with Crippen LogP contribution in [0.25, 0.3) is 0 Å². The van der Waals surface area contributed by atoms with Gasteiger partial charge in [0.2, 0.25) is 15.9 Å². The fourth-order valence-electron chi connectivity index (χ4n) is 2.77. The Balaban J connectivity index is 2.31. The van der Waals surface area contributed by atoms with E-state index in [0.717, 1.165) is 40.9 Å². The van der Waals surface area contributed by atoms with Gasteiger partial charge in [0.25, 0.3) is 5.69 Å². The summed E-state index contributed by atoms with van der Waals surface area (Å²) in [5, 5.41) is 13.5. The lowest BCUT2D eigenvalue weighted by Gasteiger charge is -2.30. The molecular formula is C18H18F3N3O6S. The molecule has 9 nitrogen and oxygen atoms in total. The Morgan fingerprint density at radius 2 is 1.84 bits per heavy atom. The van der Waals surface area contributed by atoms with Crippen molar-refractivity contribution in [3.05, 3.63) is 58.6 Å². The van der Waals surface area contributed by atoms with Gasteiger partial charge in [-0.05, 0) is 36.8 Å². The van der Waals surface area contributed by atoms with E-state index < -0.39 is 39.0 Å². The van der Waals surface area contributed by atoms with Crippen LogP contribution in [0.5, 0.6) is 5.75 Å². The molecule has 0 spiro atoms. The van der Waals surface area contributed by atoms with Gasteiger partial charge in [0, 0.05) is 17.8 Å². The predicted octanol–water partition coefficient (Wildman–Crippen LogP) is 3.68. The molecule has 0 aliphatic carbocycles. The Labute approximate surface area is 175 Å². The van der Waals surface area contributed by atoms with Crippen molar-refractivity contribution >= 4 is 33.0 Å². The van der Waals surface area contributed by atoms with E-state index in [0.29, 0.717) is 0 Å². The molecule has 0 radical (unpaired) electrons. The monoisotopic (exact) mass is 461 g/mol. The highest BCUT2D eigenvalue weighted by atomic mass is 32.2. The zero-order valence-corrected chi connectivity index (χ0v) is 17.1. The molecule has 1 amide bonds. The lowest BCUT2D eigenvalue weighted by Crippen LogP contribution is -2.47. The summed E-state index contributed by atoms with van der Waals surface area (Å²) >= 11 is 0. The van der Waals surface area contributed by atoms with Gasteiger partial charge in [-0.3, -0.25) is 19.2 Å². The number of hydrogen-bond acceptors (Lipinski definition) is 6. The molecule has 0 saturated heterocycles. The zero-order chi connectivity index (χ0) is 23.4. The normalized spacial score (nSPS) is 12.7. The van der Waals surface area contributed by atoms with Crippen molar-refractivity contribution in [3.63, 3.8) is 0 Å². The van der Waals surface area contributed by atoms with Gasteiger partial charge in [0.1, 0.15) is 11.8 Å². The average Bonchev–Trinajstić information content (AvgIpc) is 2.65. The number of carbonyl (C=O) groups excluding carboxylic acids is 1. The second-order valence-corrected chi connectivity index (χ2v) is 8.18. The van der Waals surface area contributed by atoms with E-state index in [9.17, 15) is 36.5 Å². The standard InChI is InChI=1S/C18H18F3N3O6S/c1-3-16(17(25)22-12-7-9-15(10-8-12)30-18(19,20)21)23(31(2,28)29)13-5-4-6-14(11-13)24(26)27/h4-11,16H,3H2,1-2H3,(H,22,25)/t16-/m0/s1. The van der Waals surface area contributed by atoms with Crippen LogP contribution >= 0.6 is 0 Å². The molecular weight excluding hydrogens is 443 g/mol. The number of alkyl halides is 3. The van der Waals surface area contributed by atoms with E-state index in [-0.39, 0.29) is 23.5 Å². The smallest absolute Gasteiger partial charge is 0.406 e. The third kappa shape index (κ3) is 6.57. The van der Waals surface area contributed by atoms with Crippen LogP contribution in [0, 0.1) is 10.1 Å². The highest BCUT2D eigenvalue weighted by Crippen LogP contribution is 2.28. The van der Waals surface area contributed by atoms with Gasteiger partial charge >= 0.3 is 6.36 Å². The van der Waals surface area contributed by atoms with Gasteiger partial charge in [-0.25, -0.2) is 8.42 Å². The number of carbonyl (C=O) groups is 1. The molecule has 2 rings (SSSR count). The minimum atomic E-state index is -4.87. The van der Waals surface area contributed by atoms with Crippen LogP contribution in [0.1, 0.15) is 13.3 Å². The molecule has 0 fully saturated rings. The molecule has 0 aliphatic rings. The van der Waals surface area contributed by atoms with Crippen LogP contribution in [0.2, 0.25) is 0 Å². The van der Waals surface area contributed by atoms with Gasteiger partial charge in [-0.1, -0.05) is 13.0 Å². The van der Waals surface area contributed by atoms with Crippen LogP contribution in [0.3, 0.4) is 0 Å². The summed E-state index contributed by atoms with van der Waals surface area (Å²) in [7, 11) is -4.03. The SMILES string of the molecule is CC[C@@H](C(=O)Nc1ccc(OC(F)(F)F)cc1)N(c1cccc([N+](=O)[O-])c1)S(C)(=O)=O. The number of nitrogens with zero attached hydrogens (tertiary/aromatic N) is 2. The molecule has 13 heteroatoms. The summed E-state index contributed by atoms with van der Waals surface area (Å²) in [4.78, 5) is 23.1. The number of amides is 1. The number of nitro benzene ring substituents is 1. The number of hydrogen-bond donors (Lipinski definition) is 1. The van der Waals surface area contributed by atoms with E-state index in [1.807, 2.05) is 0 Å². The van der Waals surface area contributed by atoms with E-state index in [4.69, 9.17) is 0 Å². The predicted molar refractivity (Wildman–Crippen MR) is 106 cm³/mol. The van der Waals surface area contributed by atoms with Crippen LogP contribution in [-0.4, -0.2) is 37.9 Å². The number of halogens is 3. The molecule has 0 bridgehead atoms. The Bertz CT molecular complexity index is 1060. The second-order valence-electron chi connectivity index (χ2n) is 6.32. The van der Waals surface area contributed by atoms with Gasteiger partial charge < -0.3 is 10.1 Å². The number of non-ortho nitro benzene ring substituents is 1. The van der Waals surface area contributed by atoms with Crippen molar-refractivity contribution in [2.45, 2.75) is 25.7 Å². The van der Waals surface area contributed by atoms with Crippen LogP contribution in [0.15, 0.2) is 48.5 Å². The van der Waals surface area contributed by atoms with Crippen LogP contribution < -0.4 is 14.4 Å². The van der Waals surface area contributed by atoms with Crippen molar-refractivity contribution in [3.8, 4) is 5.75 Å². The van der Waals surface area contributed by atoms with E-state index in [1.54, 1.807) is 6.92 Å². The van der Waals surface area contributed by atoms with E-state index in [1.165, 1.54) is 18.2 Å². The lowest BCUT2D eigenvalue weighted by atomic mass is 10.1. The van der Waals surface area contributed by atoms with Gasteiger partial charge in [-0.15, -0.1) is 13.2 Å². The summed E-state index contributed by atoms with van der Waals surface area (Å²) in [6.07, 6.45) is -4.01. The van der Waals surface area contributed by atoms with E-state index in [2.05, 4.69) is 10.1 Å². The maximum atomic E-state index is 12.8. The molecule has 0 saturated carbocycles. The Morgan fingerprint density at radius 3 is 2.32 bits per heavy atom. The maximum Gasteiger partial charge on any atom is 0.573 e. The minimum Gasteiger partial charge on any atom is -0.406 e. The second kappa shape index (κ2) is 9.20. The fourth-order valence-corrected chi connectivity index (χ4v) is 3.97. The third-order valence-corrected chi connectivity index (χ3v) is 5.16. The molecule has 31 heavy (non-hydrogen) atoms. The summed E-state index contributed by atoms with van der Waals surface area (Å²) in [5.41, 5.74) is -0.334. The third-order valence-electron chi connectivity index (χ3n) is 3.98. The summed E-state index contributed by atoms with van der Waals surface area (Å²) in [5.74, 6) is -1.27. The van der Waals surface area contributed by atoms with E-state index >= 15 is 0 Å². The number of sulfonamides is 1. The molecule has 168 valence electrons. The first-order valence-electron chi connectivity index (χ1n) is 8.72. The fraction of sp³-hybridized carbons (Fsp3) is 0.278. The molecule has 0 unspecified atom stereocenters. The number of ether oxygens (including phenoxy) is 1. The van der Waals surface area contributed by atoms with Gasteiger partial charge in [-0.2, -0.15) is 0 Å². The Morgan fingerprint density at radius 1 is 1.23 bits per heavy atom. The van der Waals surface area contributed by atoms with Crippen molar-refractivity contribution in [1.29, 1.82) is 0 Å². The largest absolute Gasteiger partial charge is 0.573 e. The van der Waals surface area contributed by atoms with Crippen molar-refractivity contribution in [2.24, 2.45) is 0 Å². The number of benzene rings is 2. The van der Waals surface area contributed by atoms with Gasteiger partial charge in [0.15, 0.2) is 0 Å². The minimum absolute atomic E-state index is 0.0108. The topological polar surface area (TPSA) is 119 Å². The quantitative estimate of drug-likeness (QED) is 0.473. The van der Waals surface area contributed by atoms with Crippen molar-refractivity contribution < 1.29 is 36.0 Å². The Hall–Kier alpha value is -3.35. The number of anilines is 2. The van der Waals surface area contributed by atoms with Crippen LogP contribution in [0.4, 0.5) is 30.2 Å². The molecule has 1 atom stereocenters. The summed E-state index contributed by atoms with van der Waals surface area (Å²) in [6, 6.07) is 7.81. The lowest BCUT2D eigenvalue weighted by molar-refractivity contribution is -0.384. The first-order valence-corrected chi connectivity index (χ1v) is 10.6. The highest BCUT2D eigenvalue weighted by Gasteiger charge is 2.33. The Kier molecular flexibility index (Phi) is 7.10. The zero-order valence-electron chi connectivity index (χ0n) is 16.3. The molecule has 1 N–H and O–H groups in total. The average molecular weight is 461 g/mol. The highest BCUT2D eigenvalue weighted by molar-refractivity contribution is 7.92. The maximum absolute atomic E-state index is 12.8. The van der Waals surface area contributed by atoms with Gasteiger partial charge in [0.05, 0.1) is 16.9 Å². The first kappa shape index (κ1) is 23.9. The summed E-state index contributed by atoms with van der Waals surface area (Å²) in [6.45, 7) is 1.54. The van der Waals surface area contributed by atoms with Crippen molar-refractivity contribution in [1.82, 2.24) is 0 Å². The first-order chi connectivity index (χ1) is 14.3. The molecule has 2 aromatic carbocycles. The summed E-state index contributed by atoms with van der Waals surface area (Å²) < 4.78 is 66.1. The number of nitro groups is 1. The number of rotatable bonds is 8. The van der Waals surface area contributed by atoms with Crippen molar-refractivity contribution in [2.75, 3.05) is 15.9 Å².